The van der Waals surface area contributed by atoms with E-state index >= 15 is 0 Å². The molecule has 0 fully saturated rings. The average molecular weight is 209 g/mol. The molecule has 0 aromatic carbocycles. The molecule has 1 aromatic heterocycles. The summed E-state index contributed by atoms with van der Waals surface area (Å²) in [5.74, 6) is 0.731. The number of hydrogen-bond acceptors (Lipinski definition) is 2. The van der Waals surface area contributed by atoms with Gasteiger partial charge >= 0.3 is 0 Å². The average Bonchev–Trinajstić information content (AvgIpc) is 2.20. The molecule has 0 aliphatic carbocycles. The third kappa shape index (κ3) is 2.89. The maximum atomic E-state index is 5.71. The highest BCUT2D eigenvalue weighted by molar-refractivity contribution is 6.30. The highest BCUT2D eigenvalue weighted by atomic mass is 35.5. The number of allylic oxidation sites excluding steroid dienone is 1. The van der Waals surface area contributed by atoms with Gasteiger partial charge in [0.1, 0.15) is 5.82 Å². The molecule has 0 saturated carbocycles. The van der Waals surface area contributed by atoms with Crippen molar-refractivity contribution in [2.75, 3.05) is 5.32 Å². The number of rotatable bonds is 4. The van der Waals surface area contributed by atoms with Crippen molar-refractivity contribution in [3.8, 4) is 0 Å². The number of anilines is 1. The van der Waals surface area contributed by atoms with Gasteiger partial charge in [-0.3, -0.25) is 0 Å². The molecule has 0 amide bonds. The summed E-state index contributed by atoms with van der Waals surface area (Å²) in [6.07, 6.45) is 2.46. The van der Waals surface area contributed by atoms with Gasteiger partial charge in [-0.05, 0) is 24.1 Å². The normalized spacial score (nSPS) is 9.57. The molecule has 0 unspecified atom stereocenters. The van der Waals surface area contributed by atoms with Crippen LogP contribution in [-0.2, 0) is 0 Å². The molecule has 0 saturated heterocycles. The fraction of sp³-hybridized carbons (Fsp3) is 0.182. The topological polar surface area (TPSA) is 24.9 Å². The zero-order valence-corrected chi connectivity index (χ0v) is 8.93. The van der Waals surface area contributed by atoms with Gasteiger partial charge < -0.3 is 5.32 Å². The molecule has 1 N–H and O–H groups in total. The van der Waals surface area contributed by atoms with E-state index in [0.717, 1.165) is 23.5 Å². The maximum Gasteiger partial charge on any atom is 0.130 e. The van der Waals surface area contributed by atoms with Crippen molar-refractivity contribution in [2.24, 2.45) is 0 Å². The van der Waals surface area contributed by atoms with E-state index in [4.69, 9.17) is 11.6 Å². The van der Waals surface area contributed by atoms with Gasteiger partial charge in [0.05, 0.1) is 5.02 Å². The summed E-state index contributed by atoms with van der Waals surface area (Å²) in [4.78, 5) is 4.09. The van der Waals surface area contributed by atoms with Crippen LogP contribution in [0.2, 0.25) is 5.02 Å². The Kier molecular flexibility index (Phi) is 3.72. The quantitative estimate of drug-likeness (QED) is 0.765. The van der Waals surface area contributed by atoms with Gasteiger partial charge in [-0.1, -0.05) is 31.7 Å². The molecule has 0 radical (unpaired) electrons. The Balaban J connectivity index is 2.65. The highest BCUT2D eigenvalue weighted by Crippen LogP contribution is 2.14. The minimum atomic E-state index is 0.621. The van der Waals surface area contributed by atoms with Crippen molar-refractivity contribution in [2.45, 2.75) is 13.3 Å². The van der Waals surface area contributed by atoms with Gasteiger partial charge in [-0.15, -0.1) is 0 Å². The predicted octanol–water partition coefficient (Wildman–Crippen LogP) is 3.63. The second-order valence-corrected chi connectivity index (χ2v) is 3.36. The van der Waals surface area contributed by atoms with Crippen LogP contribution in [0.25, 0.3) is 0 Å². The standard InChI is InChI=1S/C11H13ClN2/c1-4-8(2)9(3)14-11-6-5-10(12)7-13-11/h5-7H,2-4H2,1H3,(H,13,14). The van der Waals surface area contributed by atoms with E-state index in [0.29, 0.717) is 5.02 Å². The van der Waals surface area contributed by atoms with Crippen LogP contribution in [0.1, 0.15) is 13.3 Å². The van der Waals surface area contributed by atoms with Gasteiger partial charge in [-0.25, -0.2) is 4.98 Å². The van der Waals surface area contributed by atoms with E-state index in [1.807, 2.05) is 6.92 Å². The lowest BCUT2D eigenvalue weighted by Crippen LogP contribution is -2.01. The van der Waals surface area contributed by atoms with Crippen LogP contribution < -0.4 is 5.32 Å². The molecular formula is C11H13ClN2. The monoisotopic (exact) mass is 208 g/mol. The first kappa shape index (κ1) is 10.8. The molecular weight excluding hydrogens is 196 g/mol. The minimum absolute atomic E-state index is 0.621. The summed E-state index contributed by atoms with van der Waals surface area (Å²) in [6, 6.07) is 3.58. The van der Waals surface area contributed by atoms with Crippen LogP contribution >= 0.6 is 11.6 Å². The molecule has 0 spiro atoms. The van der Waals surface area contributed by atoms with Crippen LogP contribution in [0.4, 0.5) is 5.82 Å². The summed E-state index contributed by atoms with van der Waals surface area (Å²) >= 11 is 5.71. The van der Waals surface area contributed by atoms with E-state index in [9.17, 15) is 0 Å². The van der Waals surface area contributed by atoms with Gasteiger partial charge in [-0.2, -0.15) is 0 Å². The van der Waals surface area contributed by atoms with Crippen LogP contribution in [-0.4, -0.2) is 4.98 Å². The first-order valence-corrected chi connectivity index (χ1v) is 4.77. The molecule has 0 aliphatic heterocycles. The molecule has 74 valence electrons. The Bertz CT molecular complexity index is 341. The largest absolute Gasteiger partial charge is 0.341 e. The molecule has 1 aromatic rings. The molecule has 1 rings (SSSR count). The van der Waals surface area contributed by atoms with Crippen molar-refractivity contribution in [1.29, 1.82) is 0 Å². The van der Waals surface area contributed by atoms with E-state index < -0.39 is 0 Å². The summed E-state index contributed by atoms with van der Waals surface area (Å²) in [5.41, 5.74) is 1.77. The Labute approximate surface area is 89.3 Å². The Morgan fingerprint density at radius 2 is 2.21 bits per heavy atom. The summed E-state index contributed by atoms with van der Waals surface area (Å²) < 4.78 is 0. The van der Waals surface area contributed by atoms with Gasteiger partial charge in [0.15, 0.2) is 0 Å². The third-order valence-electron chi connectivity index (χ3n) is 1.86. The molecule has 14 heavy (non-hydrogen) atoms. The van der Waals surface area contributed by atoms with Crippen LogP contribution in [0.5, 0.6) is 0 Å². The van der Waals surface area contributed by atoms with Crippen molar-refractivity contribution in [1.82, 2.24) is 4.98 Å². The number of pyridine rings is 1. The molecule has 0 aliphatic rings. The van der Waals surface area contributed by atoms with Gasteiger partial charge in [0.25, 0.3) is 0 Å². The summed E-state index contributed by atoms with van der Waals surface area (Å²) in [7, 11) is 0. The lowest BCUT2D eigenvalue weighted by Gasteiger charge is -2.09. The predicted molar refractivity (Wildman–Crippen MR) is 61.4 cm³/mol. The second-order valence-electron chi connectivity index (χ2n) is 2.92. The zero-order valence-electron chi connectivity index (χ0n) is 8.18. The van der Waals surface area contributed by atoms with E-state index in [2.05, 4.69) is 23.5 Å². The summed E-state index contributed by atoms with van der Waals surface area (Å²) in [5, 5.41) is 3.68. The Morgan fingerprint density at radius 3 is 2.71 bits per heavy atom. The number of aromatic nitrogens is 1. The van der Waals surface area contributed by atoms with E-state index in [1.54, 1.807) is 18.3 Å². The molecule has 1 heterocycles. The smallest absolute Gasteiger partial charge is 0.130 e. The zero-order chi connectivity index (χ0) is 10.6. The first-order valence-electron chi connectivity index (χ1n) is 4.39. The van der Waals surface area contributed by atoms with Crippen LogP contribution in [0.3, 0.4) is 0 Å². The molecule has 0 bridgehead atoms. The SMILES string of the molecule is C=C(CC)C(=C)Nc1ccc(Cl)cn1. The molecule has 0 atom stereocenters. The van der Waals surface area contributed by atoms with Crippen molar-refractivity contribution < 1.29 is 0 Å². The number of hydrogen-bond donors (Lipinski definition) is 1. The lowest BCUT2D eigenvalue weighted by molar-refractivity contribution is 1.11. The van der Waals surface area contributed by atoms with Gasteiger partial charge in [0, 0.05) is 11.9 Å². The fourth-order valence-corrected chi connectivity index (χ4v) is 1.02. The fourth-order valence-electron chi connectivity index (χ4n) is 0.906. The number of halogens is 1. The van der Waals surface area contributed by atoms with Crippen molar-refractivity contribution in [3.63, 3.8) is 0 Å². The van der Waals surface area contributed by atoms with E-state index in [1.165, 1.54) is 0 Å². The lowest BCUT2D eigenvalue weighted by atomic mass is 10.2. The van der Waals surface area contributed by atoms with Crippen LogP contribution in [0.15, 0.2) is 42.8 Å². The van der Waals surface area contributed by atoms with Crippen molar-refractivity contribution in [3.05, 3.63) is 47.8 Å². The summed E-state index contributed by atoms with van der Waals surface area (Å²) in [6.45, 7) is 9.76. The minimum Gasteiger partial charge on any atom is -0.341 e. The Morgan fingerprint density at radius 1 is 1.50 bits per heavy atom. The number of nitrogens with zero attached hydrogens (tertiary/aromatic N) is 1. The van der Waals surface area contributed by atoms with Crippen molar-refractivity contribution >= 4 is 17.4 Å². The van der Waals surface area contributed by atoms with E-state index in [-0.39, 0.29) is 0 Å². The first-order chi connectivity index (χ1) is 6.63. The van der Waals surface area contributed by atoms with Gasteiger partial charge in [0.2, 0.25) is 0 Å². The number of nitrogens with one attached hydrogen (secondary N) is 1. The molecule has 3 heteroatoms. The third-order valence-corrected chi connectivity index (χ3v) is 2.08. The molecule has 2 nitrogen and oxygen atoms in total. The highest BCUT2D eigenvalue weighted by Gasteiger charge is 1.99. The van der Waals surface area contributed by atoms with Crippen LogP contribution in [0, 0.1) is 0 Å². The second kappa shape index (κ2) is 4.82. The maximum absolute atomic E-state index is 5.71. The Hall–Kier alpha value is -1.28.